The van der Waals surface area contributed by atoms with Crippen molar-refractivity contribution in [3.8, 4) is 0 Å². The first-order valence-electron chi connectivity index (χ1n) is 9.44. The number of nitrogens with zero attached hydrogens (tertiary/aromatic N) is 2. The van der Waals surface area contributed by atoms with E-state index in [0.717, 1.165) is 36.0 Å². The zero-order valence-electron chi connectivity index (χ0n) is 15.1. The summed E-state index contributed by atoms with van der Waals surface area (Å²) in [4.78, 5) is 18.8. The van der Waals surface area contributed by atoms with Crippen molar-refractivity contribution in [2.45, 2.75) is 38.6 Å². The predicted molar refractivity (Wildman–Crippen MR) is 102 cm³/mol. The van der Waals surface area contributed by atoms with Crippen molar-refractivity contribution in [1.29, 1.82) is 0 Å². The van der Waals surface area contributed by atoms with Crippen LogP contribution in [0.2, 0.25) is 0 Å². The third kappa shape index (κ3) is 3.98. The van der Waals surface area contributed by atoms with Gasteiger partial charge in [0, 0.05) is 37.8 Å². The van der Waals surface area contributed by atoms with Crippen LogP contribution in [0.4, 0.5) is 5.82 Å². The fourth-order valence-electron chi connectivity index (χ4n) is 3.47. The van der Waals surface area contributed by atoms with E-state index >= 15 is 0 Å². The van der Waals surface area contributed by atoms with Gasteiger partial charge in [0.25, 0.3) is 0 Å². The maximum atomic E-state index is 12.1. The maximum Gasteiger partial charge on any atom is 0.244 e. The molecule has 0 radical (unpaired) electrons. The van der Waals surface area contributed by atoms with Crippen LogP contribution in [-0.4, -0.2) is 24.0 Å². The van der Waals surface area contributed by atoms with Crippen molar-refractivity contribution >= 4 is 17.8 Å². The van der Waals surface area contributed by atoms with Crippen LogP contribution in [0, 0.1) is 5.92 Å². The highest BCUT2D eigenvalue weighted by Crippen LogP contribution is 2.47. The van der Waals surface area contributed by atoms with Gasteiger partial charge in [-0.25, -0.2) is 4.98 Å². The van der Waals surface area contributed by atoms with Gasteiger partial charge >= 0.3 is 0 Å². The Kier molecular flexibility index (Phi) is 4.78. The molecule has 2 aromatic heterocycles. The molecule has 1 aliphatic carbocycles. The Morgan fingerprint density at radius 3 is 2.92 bits per heavy atom. The van der Waals surface area contributed by atoms with E-state index in [1.807, 2.05) is 24.4 Å². The molecule has 2 fully saturated rings. The Hall–Kier alpha value is -2.56. The van der Waals surface area contributed by atoms with Crippen LogP contribution in [-0.2, 0) is 11.3 Å². The van der Waals surface area contributed by atoms with Gasteiger partial charge in [-0.15, -0.1) is 0 Å². The largest absolute Gasteiger partial charge is 0.461 e. The van der Waals surface area contributed by atoms with E-state index in [4.69, 9.17) is 4.42 Å². The van der Waals surface area contributed by atoms with E-state index in [9.17, 15) is 4.79 Å². The monoisotopic (exact) mass is 351 g/mol. The molecular weight excluding hydrogens is 326 g/mol. The molecule has 4 rings (SSSR count). The Balaban J connectivity index is 1.29. The first-order valence-corrected chi connectivity index (χ1v) is 9.44. The molecular formula is C21H25N3O2. The minimum atomic E-state index is -0.123. The summed E-state index contributed by atoms with van der Waals surface area (Å²) in [7, 11) is 0. The minimum absolute atomic E-state index is 0.123. The van der Waals surface area contributed by atoms with Gasteiger partial charge in [-0.05, 0) is 61.1 Å². The maximum absolute atomic E-state index is 12.1. The fraction of sp³-hybridized carbons (Fsp3) is 0.429. The van der Waals surface area contributed by atoms with Crippen molar-refractivity contribution in [1.82, 2.24) is 10.3 Å². The van der Waals surface area contributed by atoms with Gasteiger partial charge in [-0.3, -0.25) is 4.79 Å². The third-order valence-electron chi connectivity index (χ3n) is 5.23. The highest BCUT2D eigenvalue weighted by atomic mass is 16.3. The molecule has 0 aromatic carbocycles. The van der Waals surface area contributed by atoms with E-state index in [2.05, 4.69) is 28.2 Å². The normalized spacial score (nSPS) is 22.1. The second kappa shape index (κ2) is 7.36. The number of amides is 1. The molecule has 5 heteroatoms. The SMILES string of the molecule is CC1CC1c1ccc(/C=C/C(=O)NCc2ccnc(N3CCCC3)c2)o1. The first kappa shape index (κ1) is 16.9. The molecule has 3 heterocycles. The number of pyridine rings is 1. The zero-order chi connectivity index (χ0) is 17.9. The molecule has 0 spiro atoms. The number of aromatic nitrogens is 1. The standard InChI is InChI=1S/C21H25N3O2/c1-15-12-18(15)19-6-4-17(26-19)5-7-21(25)23-14-16-8-9-22-20(13-16)24-10-2-3-11-24/h4-9,13,15,18H,2-3,10-12,14H2,1H3,(H,23,25)/b7-5+. The predicted octanol–water partition coefficient (Wildman–Crippen LogP) is 3.73. The number of carbonyl (C=O) groups is 1. The number of furan rings is 1. The summed E-state index contributed by atoms with van der Waals surface area (Å²) in [5.74, 6) is 3.91. The van der Waals surface area contributed by atoms with Gasteiger partial charge in [0.15, 0.2) is 0 Å². The van der Waals surface area contributed by atoms with Crippen LogP contribution in [0.5, 0.6) is 0 Å². The molecule has 1 aliphatic heterocycles. The van der Waals surface area contributed by atoms with Crippen molar-refractivity contribution in [3.63, 3.8) is 0 Å². The summed E-state index contributed by atoms with van der Waals surface area (Å²) < 4.78 is 5.78. The minimum Gasteiger partial charge on any atom is -0.461 e. The Labute approximate surface area is 154 Å². The van der Waals surface area contributed by atoms with Crippen LogP contribution in [0.1, 0.15) is 49.2 Å². The van der Waals surface area contributed by atoms with E-state index in [0.29, 0.717) is 18.4 Å². The summed E-state index contributed by atoms with van der Waals surface area (Å²) in [6.07, 6.45) is 8.72. The smallest absolute Gasteiger partial charge is 0.244 e. The van der Waals surface area contributed by atoms with E-state index in [-0.39, 0.29) is 5.91 Å². The second-order valence-corrected chi connectivity index (χ2v) is 7.33. The highest BCUT2D eigenvalue weighted by Gasteiger charge is 2.36. The first-order chi connectivity index (χ1) is 12.7. The van der Waals surface area contributed by atoms with Crippen molar-refractivity contribution in [2.75, 3.05) is 18.0 Å². The number of rotatable bonds is 6. The topological polar surface area (TPSA) is 58.4 Å². The molecule has 136 valence electrons. The van der Waals surface area contributed by atoms with Gasteiger partial charge in [0.05, 0.1) is 0 Å². The summed E-state index contributed by atoms with van der Waals surface area (Å²) in [5, 5.41) is 2.92. The lowest BCUT2D eigenvalue weighted by Crippen LogP contribution is -2.22. The molecule has 1 N–H and O–H groups in total. The van der Waals surface area contributed by atoms with Crippen molar-refractivity contribution in [3.05, 3.63) is 53.6 Å². The number of carbonyl (C=O) groups excluding carboxylic acids is 1. The van der Waals surface area contributed by atoms with Crippen LogP contribution in [0.3, 0.4) is 0 Å². The second-order valence-electron chi connectivity index (χ2n) is 7.33. The van der Waals surface area contributed by atoms with Gasteiger partial charge in [0.1, 0.15) is 17.3 Å². The molecule has 1 saturated carbocycles. The van der Waals surface area contributed by atoms with Gasteiger partial charge in [0.2, 0.25) is 5.91 Å². The van der Waals surface area contributed by atoms with Gasteiger partial charge in [-0.1, -0.05) is 6.92 Å². The summed E-state index contributed by atoms with van der Waals surface area (Å²) in [6, 6.07) is 7.95. The van der Waals surface area contributed by atoms with Crippen molar-refractivity contribution in [2.24, 2.45) is 5.92 Å². The summed E-state index contributed by atoms with van der Waals surface area (Å²) >= 11 is 0. The van der Waals surface area contributed by atoms with Crippen LogP contribution >= 0.6 is 0 Å². The van der Waals surface area contributed by atoms with Crippen LogP contribution < -0.4 is 10.2 Å². The van der Waals surface area contributed by atoms with Gasteiger partial charge in [-0.2, -0.15) is 0 Å². The fourth-order valence-corrected chi connectivity index (χ4v) is 3.47. The number of hydrogen-bond donors (Lipinski definition) is 1. The molecule has 26 heavy (non-hydrogen) atoms. The molecule has 2 atom stereocenters. The van der Waals surface area contributed by atoms with E-state index in [1.165, 1.54) is 25.3 Å². The molecule has 2 aromatic rings. The zero-order valence-corrected chi connectivity index (χ0v) is 15.1. The summed E-state index contributed by atoms with van der Waals surface area (Å²) in [5.41, 5.74) is 1.06. The Morgan fingerprint density at radius 1 is 1.35 bits per heavy atom. The lowest BCUT2D eigenvalue weighted by molar-refractivity contribution is -0.116. The van der Waals surface area contributed by atoms with Crippen LogP contribution in [0.15, 0.2) is 41.0 Å². The number of anilines is 1. The Bertz CT molecular complexity index is 805. The van der Waals surface area contributed by atoms with Crippen molar-refractivity contribution < 1.29 is 9.21 Å². The van der Waals surface area contributed by atoms with Crippen LogP contribution in [0.25, 0.3) is 6.08 Å². The quantitative estimate of drug-likeness (QED) is 0.806. The van der Waals surface area contributed by atoms with E-state index < -0.39 is 0 Å². The lowest BCUT2D eigenvalue weighted by atomic mass is 10.2. The lowest BCUT2D eigenvalue weighted by Gasteiger charge is -2.16. The molecule has 2 aliphatic rings. The number of hydrogen-bond acceptors (Lipinski definition) is 4. The average molecular weight is 351 g/mol. The molecule has 0 bridgehead atoms. The summed E-state index contributed by atoms with van der Waals surface area (Å²) in [6.45, 7) is 4.85. The molecule has 1 saturated heterocycles. The molecule has 5 nitrogen and oxygen atoms in total. The average Bonchev–Trinajstić information content (AvgIpc) is 3.10. The van der Waals surface area contributed by atoms with E-state index in [1.54, 1.807) is 6.08 Å². The Morgan fingerprint density at radius 2 is 2.15 bits per heavy atom. The number of nitrogens with one attached hydrogen (secondary N) is 1. The molecule has 2 unspecified atom stereocenters. The van der Waals surface area contributed by atoms with Gasteiger partial charge < -0.3 is 14.6 Å². The highest BCUT2D eigenvalue weighted by molar-refractivity contribution is 5.91. The third-order valence-corrected chi connectivity index (χ3v) is 5.23. The molecule has 1 amide bonds.